The Kier molecular flexibility index (Phi) is 1.39. The highest BCUT2D eigenvalue weighted by molar-refractivity contribution is 5.85. The minimum Gasteiger partial charge on any atom is -0.495 e. The second-order valence-electron chi connectivity index (χ2n) is 3.24. The van der Waals surface area contributed by atoms with E-state index in [1.54, 1.807) is 6.07 Å². The first-order valence-electron chi connectivity index (χ1n) is 4.44. The Labute approximate surface area is 80.1 Å². The minimum atomic E-state index is 0.155. The first-order valence-corrected chi connectivity index (χ1v) is 4.44. The van der Waals surface area contributed by atoms with E-state index in [1.807, 2.05) is 12.1 Å². The Balaban J connectivity index is 2.26. The van der Waals surface area contributed by atoms with Crippen molar-refractivity contribution >= 4 is 10.9 Å². The second-order valence-corrected chi connectivity index (χ2v) is 3.24. The molecule has 4 nitrogen and oxygen atoms in total. The highest BCUT2D eigenvalue weighted by atomic mass is 16.6. The maximum absolute atomic E-state index is 9.26. The van der Waals surface area contributed by atoms with Crippen LogP contribution in [0.4, 0.5) is 0 Å². The lowest BCUT2D eigenvalue weighted by Gasteiger charge is -2.17. The summed E-state index contributed by atoms with van der Waals surface area (Å²) in [5, 5.41) is 10.2. The number of fused-ring (bicyclic) bond motifs is 2. The van der Waals surface area contributed by atoms with E-state index >= 15 is 0 Å². The fourth-order valence-corrected chi connectivity index (χ4v) is 1.65. The Bertz CT molecular complexity index is 446. The van der Waals surface area contributed by atoms with Crippen LogP contribution in [0.2, 0.25) is 0 Å². The fourth-order valence-electron chi connectivity index (χ4n) is 1.65. The van der Waals surface area contributed by atoms with Crippen LogP contribution in [-0.2, 0) is 0 Å². The zero-order valence-electron chi connectivity index (χ0n) is 7.41. The van der Waals surface area contributed by atoms with Gasteiger partial charge in [0, 0.05) is 17.5 Å². The summed E-state index contributed by atoms with van der Waals surface area (Å²) in [5.41, 5.74) is 0.853. The van der Waals surface area contributed by atoms with Gasteiger partial charge in [0.1, 0.15) is 13.2 Å². The molecule has 2 N–H and O–H groups in total. The van der Waals surface area contributed by atoms with Gasteiger partial charge in [-0.2, -0.15) is 0 Å². The van der Waals surface area contributed by atoms with Crippen LogP contribution in [-0.4, -0.2) is 23.3 Å². The topological polar surface area (TPSA) is 54.5 Å². The Morgan fingerprint density at radius 3 is 2.57 bits per heavy atom. The zero-order chi connectivity index (χ0) is 9.54. The van der Waals surface area contributed by atoms with Gasteiger partial charge in [-0.05, 0) is 6.07 Å². The lowest BCUT2D eigenvalue weighted by Crippen LogP contribution is -2.15. The summed E-state index contributed by atoms with van der Waals surface area (Å²) in [7, 11) is 0. The summed E-state index contributed by atoms with van der Waals surface area (Å²) in [6.07, 6.45) is 0. The number of aromatic amines is 1. The van der Waals surface area contributed by atoms with Crippen molar-refractivity contribution in [2.24, 2.45) is 0 Å². The summed E-state index contributed by atoms with van der Waals surface area (Å²) >= 11 is 0. The van der Waals surface area contributed by atoms with Crippen molar-refractivity contribution in [1.82, 2.24) is 4.98 Å². The third-order valence-electron chi connectivity index (χ3n) is 2.27. The van der Waals surface area contributed by atoms with Crippen molar-refractivity contribution in [1.29, 1.82) is 0 Å². The Morgan fingerprint density at radius 1 is 1.07 bits per heavy atom. The molecule has 1 aromatic carbocycles. The molecule has 1 aliphatic heterocycles. The monoisotopic (exact) mass is 191 g/mol. The maximum atomic E-state index is 9.26. The average molecular weight is 191 g/mol. The summed E-state index contributed by atoms with van der Waals surface area (Å²) in [6, 6.07) is 5.36. The Morgan fingerprint density at radius 2 is 1.79 bits per heavy atom. The van der Waals surface area contributed by atoms with E-state index in [-0.39, 0.29) is 5.88 Å². The van der Waals surface area contributed by atoms with Gasteiger partial charge in [0.15, 0.2) is 17.4 Å². The Hall–Kier alpha value is -1.84. The molecule has 0 fully saturated rings. The molecular formula is C10H9NO3. The third kappa shape index (κ3) is 1.00. The number of ether oxygens (including phenoxy) is 2. The highest BCUT2D eigenvalue weighted by Crippen LogP contribution is 2.35. The zero-order valence-corrected chi connectivity index (χ0v) is 7.41. The summed E-state index contributed by atoms with van der Waals surface area (Å²) in [6.45, 7) is 1.15. The lowest BCUT2D eigenvalue weighted by molar-refractivity contribution is 0.172. The molecule has 1 aromatic heterocycles. The number of hydrogen-bond donors (Lipinski definition) is 2. The van der Waals surface area contributed by atoms with E-state index in [0.717, 1.165) is 22.4 Å². The van der Waals surface area contributed by atoms with Crippen LogP contribution in [0, 0.1) is 0 Å². The van der Waals surface area contributed by atoms with Crippen LogP contribution in [0.3, 0.4) is 0 Å². The van der Waals surface area contributed by atoms with Crippen molar-refractivity contribution in [3.63, 3.8) is 0 Å². The standard InChI is InChI=1S/C10H9NO3/c12-10-4-6-3-8-9(5-7(6)11-10)14-2-1-13-8/h3-5,11-12H,1-2H2. The maximum Gasteiger partial charge on any atom is 0.189 e. The van der Waals surface area contributed by atoms with Crippen molar-refractivity contribution in [2.45, 2.75) is 0 Å². The molecule has 0 spiro atoms. The number of H-pyrrole nitrogens is 1. The van der Waals surface area contributed by atoms with Crippen molar-refractivity contribution < 1.29 is 14.6 Å². The summed E-state index contributed by atoms with van der Waals surface area (Å²) in [5.74, 6) is 1.62. The number of rotatable bonds is 0. The lowest BCUT2D eigenvalue weighted by atomic mass is 10.2. The van der Waals surface area contributed by atoms with Gasteiger partial charge in [-0.3, -0.25) is 0 Å². The van der Waals surface area contributed by atoms with Crippen molar-refractivity contribution in [3.8, 4) is 17.4 Å². The number of hydrogen-bond acceptors (Lipinski definition) is 3. The van der Waals surface area contributed by atoms with Crippen LogP contribution in [0.5, 0.6) is 17.4 Å². The van der Waals surface area contributed by atoms with Gasteiger partial charge < -0.3 is 19.6 Å². The molecule has 2 aromatic rings. The van der Waals surface area contributed by atoms with Crippen molar-refractivity contribution in [3.05, 3.63) is 18.2 Å². The van der Waals surface area contributed by atoms with Crippen LogP contribution >= 0.6 is 0 Å². The number of aromatic hydroxyl groups is 1. The van der Waals surface area contributed by atoms with E-state index in [1.165, 1.54) is 0 Å². The summed E-state index contributed by atoms with van der Waals surface area (Å²) in [4.78, 5) is 2.83. The molecule has 0 aliphatic carbocycles. The molecule has 0 unspecified atom stereocenters. The van der Waals surface area contributed by atoms with Gasteiger partial charge >= 0.3 is 0 Å². The molecule has 0 saturated carbocycles. The van der Waals surface area contributed by atoms with Gasteiger partial charge in [0.05, 0.1) is 5.52 Å². The second kappa shape index (κ2) is 2.57. The van der Waals surface area contributed by atoms with E-state index in [0.29, 0.717) is 13.2 Å². The number of benzene rings is 1. The van der Waals surface area contributed by atoms with Gasteiger partial charge in [0.2, 0.25) is 0 Å². The van der Waals surface area contributed by atoms with Gasteiger partial charge in [-0.15, -0.1) is 0 Å². The molecule has 0 radical (unpaired) electrons. The first-order chi connectivity index (χ1) is 6.83. The highest BCUT2D eigenvalue weighted by Gasteiger charge is 2.13. The molecule has 0 bridgehead atoms. The smallest absolute Gasteiger partial charge is 0.189 e. The van der Waals surface area contributed by atoms with E-state index in [4.69, 9.17) is 9.47 Å². The van der Waals surface area contributed by atoms with Gasteiger partial charge in [-0.25, -0.2) is 0 Å². The molecular weight excluding hydrogens is 182 g/mol. The van der Waals surface area contributed by atoms with E-state index < -0.39 is 0 Å². The number of nitrogens with one attached hydrogen (secondary N) is 1. The molecule has 1 aliphatic rings. The molecule has 72 valence electrons. The number of aromatic nitrogens is 1. The van der Waals surface area contributed by atoms with Crippen LogP contribution in [0.25, 0.3) is 10.9 Å². The van der Waals surface area contributed by atoms with Gasteiger partial charge in [-0.1, -0.05) is 0 Å². The van der Waals surface area contributed by atoms with Gasteiger partial charge in [0.25, 0.3) is 0 Å². The normalized spacial score (nSPS) is 14.6. The van der Waals surface area contributed by atoms with Crippen LogP contribution in [0.15, 0.2) is 18.2 Å². The first kappa shape index (κ1) is 7.55. The SMILES string of the molecule is Oc1cc2cc3c(cc2[nH]1)OCCO3. The predicted molar refractivity (Wildman–Crippen MR) is 51.0 cm³/mol. The van der Waals surface area contributed by atoms with E-state index in [9.17, 15) is 5.11 Å². The molecule has 0 amide bonds. The molecule has 14 heavy (non-hydrogen) atoms. The third-order valence-corrected chi connectivity index (χ3v) is 2.27. The van der Waals surface area contributed by atoms with Crippen LogP contribution in [0.1, 0.15) is 0 Å². The van der Waals surface area contributed by atoms with Crippen LogP contribution < -0.4 is 9.47 Å². The average Bonchev–Trinajstić information content (AvgIpc) is 2.53. The molecule has 3 rings (SSSR count). The van der Waals surface area contributed by atoms with Crippen molar-refractivity contribution in [2.75, 3.05) is 13.2 Å². The molecule has 4 heteroatoms. The quantitative estimate of drug-likeness (QED) is 0.665. The molecule has 2 heterocycles. The summed E-state index contributed by atoms with van der Waals surface area (Å²) < 4.78 is 10.8. The fraction of sp³-hybridized carbons (Fsp3) is 0.200. The van der Waals surface area contributed by atoms with E-state index in [2.05, 4.69) is 4.98 Å². The largest absolute Gasteiger partial charge is 0.495 e. The predicted octanol–water partition coefficient (Wildman–Crippen LogP) is 1.64. The molecule has 0 atom stereocenters. The minimum absolute atomic E-state index is 0.155. The molecule has 0 saturated heterocycles.